The van der Waals surface area contributed by atoms with Crippen LogP contribution in [0.3, 0.4) is 0 Å². The first-order valence-corrected chi connectivity index (χ1v) is 5.37. The zero-order chi connectivity index (χ0) is 12.4. The predicted octanol–water partition coefficient (Wildman–Crippen LogP) is 1.88. The minimum Gasteiger partial charge on any atom is -0.378 e. The molecule has 0 atom stereocenters. The van der Waals surface area contributed by atoms with E-state index in [2.05, 4.69) is 0 Å². The summed E-state index contributed by atoms with van der Waals surface area (Å²) < 4.78 is 19.0. The molecule has 0 radical (unpaired) electrons. The van der Waals surface area contributed by atoms with Crippen LogP contribution in [0.2, 0.25) is 0 Å². The fourth-order valence-corrected chi connectivity index (χ4v) is 1.90. The van der Waals surface area contributed by atoms with E-state index in [9.17, 15) is 14.5 Å². The van der Waals surface area contributed by atoms with Gasteiger partial charge in [-0.25, -0.2) is 4.39 Å². The van der Waals surface area contributed by atoms with Gasteiger partial charge in [-0.3, -0.25) is 10.1 Å². The zero-order valence-electron chi connectivity index (χ0n) is 9.48. The number of hydrogen-bond acceptors (Lipinski definition) is 4. The van der Waals surface area contributed by atoms with Crippen LogP contribution in [0.1, 0.15) is 5.56 Å². The molecule has 5 nitrogen and oxygen atoms in total. The lowest BCUT2D eigenvalue weighted by Crippen LogP contribution is -2.36. The van der Waals surface area contributed by atoms with E-state index in [0.29, 0.717) is 37.6 Å². The van der Waals surface area contributed by atoms with Gasteiger partial charge in [-0.1, -0.05) is 0 Å². The molecule has 0 aromatic heterocycles. The maximum atomic E-state index is 13.8. The SMILES string of the molecule is Cc1cc(N2CCOCC2)c(F)cc1[N+](=O)[O-]. The number of hydrogen-bond donors (Lipinski definition) is 0. The minimum atomic E-state index is -0.568. The quantitative estimate of drug-likeness (QED) is 0.585. The number of aryl methyl sites for hydroxylation is 1. The number of nitro groups is 1. The summed E-state index contributed by atoms with van der Waals surface area (Å²) in [5.41, 5.74) is 0.703. The third-order valence-corrected chi connectivity index (χ3v) is 2.81. The Balaban J connectivity index is 2.35. The highest BCUT2D eigenvalue weighted by atomic mass is 19.1. The van der Waals surface area contributed by atoms with Crippen LogP contribution < -0.4 is 4.90 Å². The molecular formula is C11H13FN2O3. The summed E-state index contributed by atoms with van der Waals surface area (Å²) >= 11 is 0. The largest absolute Gasteiger partial charge is 0.378 e. The van der Waals surface area contributed by atoms with E-state index in [1.165, 1.54) is 6.07 Å². The highest BCUT2D eigenvalue weighted by Gasteiger charge is 2.20. The number of nitrogens with zero attached hydrogens (tertiary/aromatic N) is 2. The summed E-state index contributed by atoms with van der Waals surface area (Å²) in [6, 6.07) is 2.51. The van der Waals surface area contributed by atoms with E-state index in [-0.39, 0.29) is 5.69 Å². The normalized spacial score (nSPS) is 16.0. The molecule has 1 aliphatic heterocycles. The first-order chi connectivity index (χ1) is 8.09. The van der Waals surface area contributed by atoms with Crippen molar-refractivity contribution in [2.45, 2.75) is 6.92 Å². The third-order valence-electron chi connectivity index (χ3n) is 2.81. The van der Waals surface area contributed by atoms with E-state index in [1.54, 1.807) is 6.92 Å². The van der Waals surface area contributed by atoms with Gasteiger partial charge in [0.05, 0.1) is 29.9 Å². The van der Waals surface area contributed by atoms with Crippen LogP contribution in [0.5, 0.6) is 0 Å². The van der Waals surface area contributed by atoms with Crippen LogP contribution >= 0.6 is 0 Å². The van der Waals surface area contributed by atoms with Crippen molar-refractivity contribution in [3.8, 4) is 0 Å². The second-order valence-corrected chi connectivity index (χ2v) is 3.95. The molecular weight excluding hydrogens is 227 g/mol. The molecule has 1 fully saturated rings. The Bertz CT molecular complexity index is 445. The van der Waals surface area contributed by atoms with Crippen molar-refractivity contribution in [1.82, 2.24) is 0 Å². The maximum absolute atomic E-state index is 13.8. The van der Waals surface area contributed by atoms with Crippen molar-refractivity contribution in [2.24, 2.45) is 0 Å². The molecule has 0 saturated carbocycles. The number of anilines is 1. The van der Waals surface area contributed by atoms with Gasteiger partial charge < -0.3 is 9.64 Å². The summed E-state index contributed by atoms with van der Waals surface area (Å²) in [5, 5.41) is 10.7. The van der Waals surface area contributed by atoms with Crippen LogP contribution in [-0.4, -0.2) is 31.2 Å². The number of rotatable bonds is 2. The van der Waals surface area contributed by atoms with E-state index >= 15 is 0 Å². The summed E-state index contributed by atoms with van der Waals surface area (Å²) in [4.78, 5) is 11.9. The smallest absolute Gasteiger partial charge is 0.275 e. The molecule has 1 aliphatic rings. The molecule has 92 valence electrons. The summed E-state index contributed by atoms with van der Waals surface area (Å²) in [5.74, 6) is -0.552. The van der Waals surface area contributed by atoms with Crippen LogP contribution in [0, 0.1) is 22.9 Å². The number of benzene rings is 1. The van der Waals surface area contributed by atoms with Crippen molar-refractivity contribution >= 4 is 11.4 Å². The van der Waals surface area contributed by atoms with Gasteiger partial charge in [0.2, 0.25) is 0 Å². The topological polar surface area (TPSA) is 55.6 Å². The summed E-state index contributed by atoms with van der Waals surface area (Å²) in [7, 11) is 0. The van der Waals surface area contributed by atoms with Gasteiger partial charge in [-0.2, -0.15) is 0 Å². The second kappa shape index (κ2) is 4.67. The van der Waals surface area contributed by atoms with Crippen molar-refractivity contribution in [3.63, 3.8) is 0 Å². The molecule has 0 unspecified atom stereocenters. The first kappa shape index (κ1) is 11.8. The average molecular weight is 240 g/mol. The average Bonchev–Trinajstić information content (AvgIpc) is 2.32. The summed E-state index contributed by atoms with van der Waals surface area (Å²) in [6.45, 7) is 3.93. The van der Waals surface area contributed by atoms with Gasteiger partial charge in [0.15, 0.2) is 5.82 Å². The molecule has 0 amide bonds. The Labute approximate surface area is 97.9 Å². The predicted molar refractivity (Wildman–Crippen MR) is 60.8 cm³/mol. The monoisotopic (exact) mass is 240 g/mol. The molecule has 1 heterocycles. The molecule has 2 rings (SSSR count). The van der Waals surface area contributed by atoms with E-state index < -0.39 is 10.7 Å². The lowest BCUT2D eigenvalue weighted by Gasteiger charge is -2.29. The van der Waals surface area contributed by atoms with Crippen molar-refractivity contribution < 1.29 is 14.1 Å². The Kier molecular flexibility index (Phi) is 3.23. The number of ether oxygens (including phenoxy) is 1. The Morgan fingerprint density at radius 3 is 2.65 bits per heavy atom. The molecule has 1 saturated heterocycles. The fraction of sp³-hybridized carbons (Fsp3) is 0.455. The Morgan fingerprint density at radius 1 is 1.41 bits per heavy atom. The number of halogens is 1. The highest BCUT2D eigenvalue weighted by Crippen LogP contribution is 2.28. The standard InChI is InChI=1S/C11H13FN2O3/c1-8-6-11(13-2-4-17-5-3-13)9(12)7-10(8)14(15)16/h6-7H,2-5H2,1H3. The van der Waals surface area contributed by atoms with Gasteiger partial charge in [0.25, 0.3) is 5.69 Å². The minimum absolute atomic E-state index is 0.181. The molecule has 1 aromatic rings. The van der Waals surface area contributed by atoms with Crippen LogP contribution in [0.15, 0.2) is 12.1 Å². The van der Waals surface area contributed by atoms with Crippen molar-refractivity contribution in [2.75, 3.05) is 31.2 Å². The van der Waals surface area contributed by atoms with Crippen LogP contribution in [0.4, 0.5) is 15.8 Å². The zero-order valence-corrected chi connectivity index (χ0v) is 9.48. The van der Waals surface area contributed by atoms with E-state index in [4.69, 9.17) is 4.74 Å². The van der Waals surface area contributed by atoms with Crippen LogP contribution in [-0.2, 0) is 4.74 Å². The van der Waals surface area contributed by atoms with Crippen molar-refractivity contribution in [1.29, 1.82) is 0 Å². The van der Waals surface area contributed by atoms with E-state index in [0.717, 1.165) is 6.07 Å². The van der Waals surface area contributed by atoms with Gasteiger partial charge in [-0.15, -0.1) is 0 Å². The summed E-state index contributed by atoms with van der Waals surface area (Å²) in [6.07, 6.45) is 0. The molecule has 0 bridgehead atoms. The van der Waals surface area contributed by atoms with Gasteiger partial charge in [0, 0.05) is 18.7 Å². The van der Waals surface area contributed by atoms with Gasteiger partial charge in [-0.05, 0) is 13.0 Å². The fourth-order valence-electron chi connectivity index (χ4n) is 1.90. The van der Waals surface area contributed by atoms with E-state index in [1.807, 2.05) is 4.90 Å². The van der Waals surface area contributed by atoms with Gasteiger partial charge >= 0.3 is 0 Å². The third kappa shape index (κ3) is 2.36. The molecule has 1 aromatic carbocycles. The number of nitro benzene ring substituents is 1. The van der Waals surface area contributed by atoms with Gasteiger partial charge in [0.1, 0.15) is 0 Å². The van der Waals surface area contributed by atoms with Crippen LogP contribution in [0.25, 0.3) is 0 Å². The Morgan fingerprint density at radius 2 is 2.06 bits per heavy atom. The molecule has 6 heteroatoms. The number of morpholine rings is 1. The lowest BCUT2D eigenvalue weighted by atomic mass is 10.1. The molecule has 0 spiro atoms. The molecule has 17 heavy (non-hydrogen) atoms. The molecule has 0 aliphatic carbocycles. The first-order valence-electron chi connectivity index (χ1n) is 5.37. The maximum Gasteiger partial charge on any atom is 0.275 e. The highest BCUT2D eigenvalue weighted by molar-refractivity contribution is 5.56. The van der Waals surface area contributed by atoms with Crippen molar-refractivity contribution in [3.05, 3.63) is 33.6 Å². The lowest BCUT2D eigenvalue weighted by molar-refractivity contribution is -0.385. The Hall–Kier alpha value is -1.69. The molecule has 0 N–H and O–H groups in total. The second-order valence-electron chi connectivity index (χ2n) is 3.95.